The predicted octanol–water partition coefficient (Wildman–Crippen LogP) is 0.0842. The maximum atomic E-state index is 8.68. The first-order valence-corrected chi connectivity index (χ1v) is 4.31. The van der Waals surface area contributed by atoms with Crippen molar-refractivity contribution in [2.24, 2.45) is 5.73 Å². The molecule has 0 fully saturated rings. The zero-order chi connectivity index (χ0) is 8.69. The Morgan fingerprint density at radius 3 is 2.55 bits per heavy atom. The molecule has 0 aromatic rings. The fourth-order valence-corrected chi connectivity index (χ4v) is 1.03. The standard InChI is InChI=1S/C8H20N2O/c1-3-8(4-5-11)10-7(2)6-9/h7-8,10-11H,3-6,9H2,1-2H3. The number of aliphatic hydroxyl groups excluding tert-OH is 1. The van der Waals surface area contributed by atoms with Crippen molar-refractivity contribution in [3.05, 3.63) is 0 Å². The van der Waals surface area contributed by atoms with Crippen molar-refractivity contribution in [3.63, 3.8) is 0 Å². The maximum Gasteiger partial charge on any atom is 0.0445 e. The third-order valence-electron chi connectivity index (χ3n) is 1.84. The van der Waals surface area contributed by atoms with Crippen LogP contribution in [0.3, 0.4) is 0 Å². The van der Waals surface area contributed by atoms with Gasteiger partial charge in [0.05, 0.1) is 0 Å². The zero-order valence-corrected chi connectivity index (χ0v) is 7.51. The molecule has 4 N–H and O–H groups in total. The van der Waals surface area contributed by atoms with Gasteiger partial charge in [-0.25, -0.2) is 0 Å². The lowest BCUT2D eigenvalue weighted by molar-refractivity contribution is 0.257. The largest absolute Gasteiger partial charge is 0.396 e. The summed E-state index contributed by atoms with van der Waals surface area (Å²) in [5.41, 5.74) is 5.45. The Bertz CT molecular complexity index is 88.2. The summed E-state index contributed by atoms with van der Waals surface area (Å²) in [6, 6.07) is 0.769. The third kappa shape index (κ3) is 5.18. The van der Waals surface area contributed by atoms with Crippen LogP contribution in [-0.4, -0.2) is 30.3 Å². The Morgan fingerprint density at radius 2 is 2.18 bits per heavy atom. The van der Waals surface area contributed by atoms with E-state index in [2.05, 4.69) is 19.2 Å². The second-order valence-electron chi connectivity index (χ2n) is 2.92. The molecule has 0 heterocycles. The van der Waals surface area contributed by atoms with Crippen LogP contribution in [0.1, 0.15) is 26.7 Å². The molecule has 0 spiro atoms. The first kappa shape index (κ1) is 10.9. The second kappa shape index (κ2) is 6.58. The lowest BCUT2D eigenvalue weighted by Gasteiger charge is -2.20. The summed E-state index contributed by atoms with van der Waals surface area (Å²) in [6.07, 6.45) is 1.87. The average Bonchev–Trinajstić information content (AvgIpc) is 2.03. The molecule has 0 radical (unpaired) electrons. The van der Waals surface area contributed by atoms with Crippen LogP contribution in [-0.2, 0) is 0 Å². The van der Waals surface area contributed by atoms with Gasteiger partial charge < -0.3 is 16.2 Å². The second-order valence-corrected chi connectivity index (χ2v) is 2.92. The molecule has 0 aromatic heterocycles. The quantitative estimate of drug-likeness (QED) is 0.516. The molecule has 3 nitrogen and oxygen atoms in total. The predicted molar refractivity (Wildman–Crippen MR) is 47.4 cm³/mol. The minimum Gasteiger partial charge on any atom is -0.396 e. The van der Waals surface area contributed by atoms with Crippen LogP contribution < -0.4 is 11.1 Å². The molecule has 0 aliphatic heterocycles. The highest BCUT2D eigenvalue weighted by molar-refractivity contribution is 4.69. The first-order chi connectivity index (χ1) is 5.24. The Labute approximate surface area is 69.0 Å². The van der Waals surface area contributed by atoms with E-state index in [1.165, 1.54) is 0 Å². The van der Waals surface area contributed by atoms with Crippen molar-refractivity contribution >= 4 is 0 Å². The van der Waals surface area contributed by atoms with Gasteiger partial charge >= 0.3 is 0 Å². The summed E-state index contributed by atoms with van der Waals surface area (Å²) in [6.45, 7) is 5.07. The molecular formula is C8H20N2O. The van der Waals surface area contributed by atoms with Crippen LogP contribution in [0.4, 0.5) is 0 Å². The molecule has 0 aliphatic rings. The first-order valence-electron chi connectivity index (χ1n) is 4.31. The Hall–Kier alpha value is -0.120. The van der Waals surface area contributed by atoms with Crippen LogP contribution in [0.25, 0.3) is 0 Å². The van der Waals surface area contributed by atoms with Crippen molar-refractivity contribution in [2.75, 3.05) is 13.2 Å². The van der Waals surface area contributed by atoms with Gasteiger partial charge in [0, 0.05) is 25.2 Å². The molecule has 0 aliphatic carbocycles. The molecule has 3 heteroatoms. The Kier molecular flexibility index (Phi) is 6.51. The van der Waals surface area contributed by atoms with Crippen molar-refractivity contribution in [2.45, 2.75) is 38.8 Å². The minimum atomic E-state index is 0.253. The summed E-state index contributed by atoms with van der Waals surface area (Å²) in [5.74, 6) is 0. The molecule has 0 amide bonds. The highest BCUT2D eigenvalue weighted by Crippen LogP contribution is 1.97. The molecule has 68 valence electrons. The zero-order valence-electron chi connectivity index (χ0n) is 7.51. The molecule has 0 aromatic carbocycles. The van der Waals surface area contributed by atoms with E-state index < -0.39 is 0 Å². The van der Waals surface area contributed by atoms with Gasteiger partial charge in [0.1, 0.15) is 0 Å². The minimum absolute atomic E-state index is 0.253. The Morgan fingerprint density at radius 1 is 1.55 bits per heavy atom. The van der Waals surface area contributed by atoms with Gasteiger partial charge in [-0.05, 0) is 19.8 Å². The maximum absolute atomic E-state index is 8.68. The van der Waals surface area contributed by atoms with Crippen LogP contribution in [0.5, 0.6) is 0 Å². The van der Waals surface area contributed by atoms with Gasteiger partial charge in [0.15, 0.2) is 0 Å². The van der Waals surface area contributed by atoms with Gasteiger partial charge in [0.25, 0.3) is 0 Å². The number of nitrogens with two attached hydrogens (primary N) is 1. The van der Waals surface area contributed by atoms with E-state index >= 15 is 0 Å². The van der Waals surface area contributed by atoms with Crippen molar-refractivity contribution in [3.8, 4) is 0 Å². The SMILES string of the molecule is CCC(CCO)NC(C)CN. The average molecular weight is 160 g/mol. The lowest BCUT2D eigenvalue weighted by Crippen LogP contribution is -2.40. The summed E-state index contributed by atoms with van der Waals surface area (Å²) in [7, 11) is 0. The molecule has 0 bridgehead atoms. The molecule has 0 saturated heterocycles. The smallest absolute Gasteiger partial charge is 0.0445 e. The van der Waals surface area contributed by atoms with Gasteiger partial charge in [-0.3, -0.25) is 0 Å². The summed E-state index contributed by atoms with van der Waals surface area (Å²) < 4.78 is 0. The number of hydrogen-bond donors (Lipinski definition) is 3. The summed E-state index contributed by atoms with van der Waals surface area (Å²) in [4.78, 5) is 0. The van der Waals surface area contributed by atoms with Crippen LogP contribution >= 0.6 is 0 Å². The molecule has 11 heavy (non-hydrogen) atoms. The number of nitrogens with one attached hydrogen (secondary N) is 1. The van der Waals surface area contributed by atoms with Crippen LogP contribution in [0.15, 0.2) is 0 Å². The molecule has 0 saturated carbocycles. The fourth-order valence-electron chi connectivity index (χ4n) is 1.03. The topological polar surface area (TPSA) is 58.3 Å². The summed E-state index contributed by atoms with van der Waals surface area (Å²) in [5, 5.41) is 12.0. The molecule has 2 atom stereocenters. The third-order valence-corrected chi connectivity index (χ3v) is 1.84. The van der Waals surface area contributed by atoms with Crippen LogP contribution in [0, 0.1) is 0 Å². The van der Waals surface area contributed by atoms with Gasteiger partial charge in [-0.2, -0.15) is 0 Å². The Balaban J connectivity index is 3.49. The van der Waals surface area contributed by atoms with Gasteiger partial charge in [-0.1, -0.05) is 6.92 Å². The van der Waals surface area contributed by atoms with E-state index in [0.717, 1.165) is 12.8 Å². The van der Waals surface area contributed by atoms with E-state index in [1.54, 1.807) is 0 Å². The van der Waals surface area contributed by atoms with Crippen molar-refractivity contribution in [1.29, 1.82) is 0 Å². The molecular weight excluding hydrogens is 140 g/mol. The van der Waals surface area contributed by atoms with E-state index in [9.17, 15) is 0 Å². The van der Waals surface area contributed by atoms with E-state index in [1.807, 2.05) is 0 Å². The normalized spacial score (nSPS) is 16.4. The van der Waals surface area contributed by atoms with Gasteiger partial charge in [-0.15, -0.1) is 0 Å². The van der Waals surface area contributed by atoms with Gasteiger partial charge in [0.2, 0.25) is 0 Å². The van der Waals surface area contributed by atoms with E-state index in [4.69, 9.17) is 10.8 Å². The fraction of sp³-hybridized carbons (Fsp3) is 1.00. The van der Waals surface area contributed by atoms with Crippen molar-refractivity contribution in [1.82, 2.24) is 5.32 Å². The van der Waals surface area contributed by atoms with Crippen LogP contribution in [0.2, 0.25) is 0 Å². The van der Waals surface area contributed by atoms with Crippen molar-refractivity contribution < 1.29 is 5.11 Å². The number of aliphatic hydroxyl groups is 1. The van der Waals surface area contributed by atoms with E-state index in [-0.39, 0.29) is 6.61 Å². The summed E-state index contributed by atoms with van der Waals surface area (Å²) >= 11 is 0. The highest BCUT2D eigenvalue weighted by atomic mass is 16.3. The molecule has 2 unspecified atom stereocenters. The monoisotopic (exact) mass is 160 g/mol. The number of rotatable bonds is 6. The highest BCUT2D eigenvalue weighted by Gasteiger charge is 2.07. The van der Waals surface area contributed by atoms with E-state index in [0.29, 0.717) is 18.6 Å². The lowest BCUT2D eigenvalue weighted by atomic mass is 10.1. The number of hydrogen-bond acceptors (Lipinski definition) is 3. The molecule has 0 rings (SSSR count).